The number of nitrogens with one attached hydrogen (secondary N) is 1. The molecule has 0 spiro atoms. The molecular formula is C16H23N3O2. The minimum Gasteiger partial charge on any atom is -0.493 e. The fourth-order valence-corrected chi connectivity index (χ4v) is 2.34. The number of anilines is 1. The third-order valence-electron chi connectivity index (χ3n) is 3.49. The van der Waals surface area contributed by atoms with Gasteiger partial charge in [0.15, 0.2) is 17.5 Å². The Kier molecular flexibility index (Phi) is 5.49. The first-order valence-corrected chi connectivity index (χ1v) is 7.20. The topological polar surface area (TPSA) is 68.9 Å². The van der Waals surface area contributed by atoms with Gasteiger partial charge in [-0.1, -0.05) is 11.6 Å². The van der Waals surface area contributed by atoms with Crippen molar-refractivity contribution in [1.29, 1.82) is 0 Å². The van der Waals surface area contributed by atoms with Gasteiger partial charge in [-0.05, 0) is 37.8 Å². The average Bonchev–Trinajstić information content (AvgIpc) is 2.53. The Hall–Kier alpha value is -2.17. The maximum atomic E-state index is 5.92. The zero-order valence-corrected chi connectivity index (χ0v) is 12.7. The van der Waals surface area contributed by atoms with E-state index in [9.17, 15) is 0 Å². The third kappa shape index (κ3) is 4.41. The van der Waals surface area contributed by atoms with Crippen LogP contribution in [0.15, 0.2) is 34.8 Å². The molecule has 1 aliphatic carbocycles. The highest BCUT2D eigenvalue weighted by atomic mass is 16.5. The van der Waals surface area contributed by atoms with E-state index in [0.29, 0.717) is 24.0 Å². The first-order valence-electron chi connectivity index (χ1n) is 7.20. The second-order valence-electron chi connectivity index (χ2n) is 5.00. The van der Waals surface area contributed by atoms with Crippen LogP contribution in [0.25, 0.3) is 0 Å². The van der Waals surface area contributed by atoms with E-state index >= 15 is 0 Å². The summed E-state index contributed by atoms with van der Waals surface area (Å²) in [5.41, 5.74) is 8.12. The van der Waals surface area contributed by atoms with E-state index in [1.165, 1.54) is 18.4 Å². The first kappa shape index (κ1) is 15.2. The molecule has 3 N–H and O–H groups in total. The van der Waals surface area contributed by atoms with Crippen molar-refractivity contribution in [3.63, 3.8) is 0 Å². The highest BCUT2D eigenvalue weighted by Crippen LogP contribution is 2.29. The Morgan fingerprint density at radius 3 is 2.71 bits per heavy atom. The Morgan fingerprint density at radius 2 is 2.05 bits per heavy atom. The van der Waals surface area contributed by atoms with Gasteiger partial charge in [0.05, 0.1) is 20.8 Å². The predicted octanol–water partition coefficient (Wildman–Crippen LogP) is 2.93. The SMILES string of the molecule is COc1ccc(NC(N)=NCC2=CCCCC2)cc1OC. The summed E-state index contributed by atoms with van der Waals surface area (Å²) in [6.45, 7) is 0.673. The number of nitrogens with two attached hydrogens (primary N) is 1. The number of guanidine groups is 1. The van der Waals surface area contributed by atoms with E-state index < -0.39 is 0 Å². The van der Waals surface area contributed by atoms with Gasteiger partial charge in [-0.3, -0.25) is 0 Å². The lowest BCUT2D eigenvalue weighted by atomic mass is 10.00. The van der Waals surface area contributed by atoms with Crippen LogP contribution in [0.3, 0.4) is 0 Å². The van der Waals surface area contributed by atoms with E-state index in [2.05, 4.69) is 16.4 Å². The lowest BCUT2D eigenvalue weighted by molar-refractivity contribution is 0.355. The molecule has 0 amide bonds. The molecule has 1 aliphatic rings. The molecule has 0 atom stereocenters. The van der Waals surface area contributed by atoms with Crippen molar-refractivity contribution < 1.29 is 9.47 Å². The van der Waals surface area contributed by atoms with E-state index in [1.807, 2.05) is 18.2 Å². The van der Waals surface area contributed by atoms with Gasteiger partial charge < -0.3 is 20.5 Å². The fraction of sp³-hybridized carbons (Fsp3) is 0.438. The van der Waals surface area contributed by atoms with Crippen LogP contribution in [-0.2, 0) is 0 Å². The van der Waals surface area contributed by atoms with E-state index in [0.717, 1.165) is 18.5 Å². The van der Waals surface area contributed by atoms with Crippen LogP contribution in [0.4, 0.5) is 5.69 Å². The van der Waals surface area contributed by atoms with E-state index in [4.69, 9.17) is 15.2 Å². The highest BCUT2D eigenvalue weighted by Gasteiger charge is 2.06. The van der Waals surface area contributed by atoms with Crippen LogP contribution in [0.5, 0.6) is 11.5 Å². The van der Waals surface area contributed by atoms with Gasteiger partial charge in [0.25, 0.3) is 0 Å². The molecule has 5 heteroatoms. The van der Waals surface area contributed by atoms with Crippen LogP contribution in [0.2, 0.25) is 0 Å². The molecule has 0 aromatic heterocycles. The second kappa shape index (κ2) is 7.57. The number of rotatable bonds is 5. The normalized spacial score (nSPS) is 15.3. The number of methoxy groups -OCH3 is 2. The van der Waals surface area contributed by atoms with Gasteiger partial charge in [0, 0.05) is 11.8 Å². The number of hydrogen-bond acceptors (Lipinski definition) is 3. The van der Waals surface area contributed by atoms with Crippen molar-refractivity contribution >= 4 is 11.6 Å². The summed E-state index contributed by atoms with van der Waals surface area (Å²) in [5.74, 6) is 1.75. The van der Waals surface area contributed by atoms with Crippen LogP contribution in [0.1, 0.15) is 25.7 Å². The van der Waals surface area contributed by atoms with Gasteiger partial charge in [-0.15, -0.1) is 0 Å². The molecule has 0 heterocycles. The quantitative estimate of drug-likeness (QED) is 0.497. The summed E-state index contributed by atoms with van der Waals surface area (Å²) in [5, 5.41) is 3.07. The van der Waals surface area contributed by atoms with Crippen molar-refractivity contribution in [2.75, 3.05) is 26.1 Å². The molecule has 0 bridgehead atoms. The highest BCUT2D eigenvalue weighted by molar-refractivity contribution is 5.92. The largest absolute Gasteiger partial charge is 0.493 e. The number of benzene rings is 1. The van der Waals surface area contributed by atoms with Gasteiger partial charge in [-0.25, -0.2) is 4.99 Å². The molecule has 0 unspecified atom stereocenters. The summed E-state index contributed by atoms with van der Waals surface area (Å²) >= 11 is 0. The van der Waals surface area contributed by atoms with Crippen LogP contribution >= 0.6 is 0 Å². The van der Waals surface area contributed by atoms with Gasteiger partial charge >= 0.3 is 0 Å². The fourth-order valence-electron chi connectivity index (χ4n) is 2.34. The zero-order chi connectivity index (χ0) is 15.1. The smallest absolute Gasteiger partial charge is 0.193 e. The number of aliphatic imine (C=N–C) groups is 1. The third-order valence-corrected chi connectivity index (χ3v) is 3.49. The monoisotopic (exact) mass is 289 g/mol. The first-order chi connectivity index (χ1) is 10.2. The minimum absolute atomic E-state index is 0.411. The minimum atomic E-state index is 0.411. The molecule has 21 heavy (non-hydrogen) atoms. The van der Waals surface area contributed by atoms with Gasteiger partial charge in [0.1, 0.15) is 0 Å². The molecule has 0 saturated carbocycles. The Labute approximate surface area is 125 Å². The molecule has 0 saturated heterocycles. The maximum absolute atomic E-state index is 5.92. The lowest BCUT2D eigenvalue weighted by Crippen LogP contribution is -2.23. The average molecular weight is 289 g/mol. The molecule has 1 aromatic rings. The maximum Gasteiger partial charge on any atom is 0.193 e. The molecule has 5 nitrogen and oxygen atoms in total. The zero-order valence-electron chi connectivity index (χ0n) is 12.7. The van der Waals surface area contributed by atoms with Crippen molar-refractivity contribution in [2.45, 2.75) is 25.7 Å². The Morgan fingerprint density at radius 1 is 1.24 bits per heavy atom. The summed E-state index contributed by atoms with van der Waals surface area (Å²) in [6, 6.07) is 5.54. The summed E-state index contributed by atoms with van der Waals surface area (Å²) in [6.07, 6.45) is 7.11. The standard InChI is InChI=1S/C16H23N3O2/c1-20-14-9-8-13(10-15(14)21-2)19-16(17)18-11-12-6-4-3-5-7-12/h6,8-10H,3-5,7,11H2,1-2H3,(H3,17,18,19). The molecule has 0 radical (unpaired) electrons. The number of hydrogen-bond donors (Lipinski definition) is 2. The number of ether oxygens (including phenoxy) is 2. The molecule has 0 aliphatic heterocycles. The van der Waals surface area contributed by atoms with Crippen LogP contribution in [-0.4, -0.2) is 26.7 Å². The second-order valence-corrected chi connectivity index (χ2v) is 5.00. The van der Waals surface area contributed by atoms with Crippen molar-refractivity contribution in [3.8, 4) is 11.5 Å². The van der Waals surface area contributed by atoms with Crippen molar-refractivity contribution in [3.05, 3.63) is 29.8 Å². The van der Waals surface area contributed by atoms with Gasteiger partial charge in [0.2, 0.25) is 0 Å². The Balaban J connectivity index is 1.98. The summed E-state index contributed by atoms with van der Waals surface area (Å²) in [4.78, 5) is 4.38. The van der Waals surface area contributed by atoms with E-state index in [1.54, 1.807) is 14.2 Å². The Bertz CT molecular complexity index is 538. The lowest BCUT2D eigenvalue weighted by Gasteiger charge is -2.12. The number of nitrogens with zero attached hydrogens (tertiary/aromatic N) is 1. The predicted molar refractivity (Wildman–Crippen MR) is 86.2 cm³/mol. The number of allylic oxidation sites excluding steroid dienone is 1. The van der Waals surface area contributed by atoms with Crippen LogP contribution < -0.4 is 20.5 Å². The van der Waals surface area contributed by atoms with Gasteiger partial charge in [-0.2, -0.15) is 0 Å². The molecule has 114 valence electrons. The molecule has 1 aromatic carbocycles. The summed E-state index contributed by atoms with van der Waals surface area (Å²) < 4.78 is 10.5. The summed E-state index contributed by atoms with van der Waals surface area (Å²) in [7, 11) is 3.22. The van der Waals surface area contributed by atoms with Crippen molar-refractivity contribution in [1.82, 2.24) is 0 Å². The molecule has 2 rings (SSSR count). The van der Waals surface area contributed by atoms with Crippen LogP contribution in [0, 0.1) is 0 Å². The van der Waals surface area contributed by atoms with E-state index in [-0.39, 0.29) is 0 Å². The van der Waals surface area contributed by atoms with Crippen molar-refractivity contribution in [2.24, 2.45) is 10.7 Å². The molecule has 0 fully saturated rings. The molecular weight excluding hydrogens is 266 g/mol.